The van der Waals surface area contributed by atoms with Crippen LogP contribution in [-0.2, 0) is 17.8 Å². The summed E-state index contributed by atoms with van der Waals surface area (Å²) in [5.74, 6) is 2.13. The molecule has 0 fully saturated rings. The number of furan rings is 1. The Hall–Kier alpha value is -4.32. The Kier molecular flexibility index (Phi) is 6.35. The fourth-order valence-corrected chi connectivity index (χ4v) is 4.11. The lowest BCUT2D eigenvalue weighted by Gasteiger charge is -2.26. The van der Waals surface area contributed by atoms with E-state index in [-0.39, 0.29) is 18.4 Å². The summed E-state index contributed by atoms with van der Waals surface area (Å²) in [5, 5.41) is 2.84. The number of nitrogens with zero attached hydrogens (tertiary/aromatic N) is 1. The summed E-state index contributed by atoms with van der Waals surface area (Å²) in [7, 11) is 0. The highest BCUT2D eigenvalue weighted by Gasteiger charge is 2.25. The highest BCUT2D eigenvalue weighted by Crippen LogP contribution is 2.30. The first-order chi connectivity index (χ1) is 17.0. The van der Waals surface area contributed by atoms with Crippen LogP contribution in [0.4, 0.5) is 5.69 Å². The third-order valence-corrected chi connectivity index (χ3v) is 6.02. The number of amides is 2. The number of anilines is 1. The minimum Gasteiger partial charge on any atom is -0.484 e. The molecule has 176 valence electrons. The number of aryl methyl sites for hydroxylation is 1. The summed E-state index contributed by atoms with van der Waals surface area (Å²) in [6, 6.07) is 26.4. The van der Waals surface area contributed by atoms with Gasteiger partial charge in [0.2, 0.25) is 0 Å². The Balaban J connectivity index is 1.20. The van der Waals surface area contributed by atoms with Crippen LogP contribution in [0.15, 0.2) is 89.3 Å². The molecule has 0 aliphatic carbocycles. The van der Waals surface area contributed by atoms with Crippen LogP contribution < -0.4 is 10.1 Å². The van der Waals surface area contributed by atoms with Crippen molar-refractivity contribution in [1.82, 2.24) is 4.90 Å². The van der Waals surface area contributed by atoms with Crippen molar-refractivity contribution in [2.24, 2.45) is 0 Å². The molecule has 0 saturated carbocycles. The van der Waals surface area contributed by atoms with Crippen molar-refractivity contribution in [3.05, 3.63) is 107 Å². The average Bonchev–Trinajstić information content (AvgIpc) is 3.32. The summed E-state index contributed by atoms with van der Waals surface area (Å²) in [6.07, 6.45) is 0.683. The minimum absolute atomic E-state index is 0.0368. The van der Waals surface area contributed by atoms with E-state index in [4.69, 9.17) is 9.15 Å². The summed E-state index contributed by atoms with van der Waals surface area (Å²) < 4.78 is 11.6. The zero-order valence-electron chi connectivity index (χ0n) is 19.5. The highest BCUT2D eigenvalue weighted by molar-refractivity contribution is 5.94. The maximum absolute atomic E-state index is 12.9. The van der Waals surface area contributed by atoms with E-state index >= 15 is 0 Å². The quantitative estimate of drug-likeness (QED) is 0.409. The molecule has 0 radical (unpaired) electrons. The predicted molar refractivity (Wildman–Crippen MR) is 134 cm³/mol. The van der Waals surface area contributed by atoms with E-state index in [1.165, 1.54) is 0 Å². The smallest absolute Gasteiger partial charge is 0.262 e. The molecule has 5 rings (SSSR count). The van der Waals surface area contributed by atoms with Crippen LogP contribution in [0.2, 0.25) is 0 Å². The zero-order chi connectivity index (χ0) is 24.2. The summed E-state index contributed by atoms with van der Waals surface area (Å²) >= 11 is 0. The van der Waals surface area contributed by atoms with Gasteiger partial charge >= 0.3 is 0 Å². The second-order valence-electron chi connectivity index (χ2n) is 8.63. The SMILES string of the molecule is Cc1ccc(C(=O)N2CCc3oc(-c4ccc(NC(=O)COc5ccccc5)cc4)cc3C2)cc1. The molecule has 0 unspecified atom stereocenters. The molecule has 1 aliphatic heterocycles. The number of rotatable bonds is 6. The van der Waals surface area contributed by atoms with Gasteiger partial charge in [0.05, 0.1) is 0 Å². The fraction of sp³-hybridized carbons (Fsp3) is 0.172. The van der Waals surface area contributed by atoms with Gasteiger partial charge in [0.15, 0.2) is 6.61 Å². The van der Waals surface area contributed by atoms with Crippen molar-refractivity contribution in [2.45, 2.75) is 19.9 Å². The molecule has 1 N–H and O–H groups in total. The number of carbonyl (C=O) groups excluding carboxylic acids is 2. The Morgan fingerprint density at radius 2 is 1.71 bits per heavy atom. The third kappa shape index (κ3) is 5.27. The van der Waals surface area contributed by atoms with Crippen molar-refractivity contribution in [1.29, 1.82) is 0 Å². The number of carbonyl (C=O) groups is 2. The van der Waals surface area contributed by atoms with Gasteiger partial charge in [-0.1, -0.05) is 35.9 Å². The molecular weight excluding hydrogens is 440 g/mol. The Morgan fingerprint density at radius 3 is 2.46 bits per heavy atom. The first-order valence-corrected chi connectivity index (χ1v) is 11.6. The summed E-state index contributed by atoms with van der Waals surface area (Å²) in [5.41, 5.74) is 4.46. The Labute approximate surface area is 204 Å². The zero-order valence-corrected chi connectivity index (χ0v) is 19.5. The molecule has 6 heteroatoms. The second-order valence-corrected chi connectivity index (χ2v) is 8.63. The number of nitrogens with one attached hydrogen (secondary N) is 1. The topological polar surface area (TPSA) is 71.8 Å². The van der Waals surface area contributed by atoms with Gasteiger partial charge in [-0.15, -0.1) is 0 Å². The molecule has 4 aromatic rings. The van der Waals surface area contributed by atoms with Gasteiger partial charge in [-0.25, -0.2) is 0 Å². The van der Waals surface area contributed by atoms with Crippen molar-refractivity contribution in [2.75, 3.05) is 18.5 Å². The minimum atomic E-state index is -0.228. The molecule has 6 nitrogen and oxygen atoms in total. The van der Waals surface area contributed by atoms with E-state index in [2.05, 4.69) is 5.32 Å². The van der Waals surface area contributed by atoms with Crippen LogP contribution in [0.25, 0.3) is 11.3 Å². The van der Waals surface area contributed by atoms with Gasteiger partial charge in [-0.2, -0.15) is 0 Å². The van der Waals surface area contributed by atoms with Crippen molar-refractivity contribution in [3.63, 3.8) is 0 Å². The molecule has 0 bridgehead atoms. The largest absolute Gasteiger partial charge is 0.484 e. The Morgan fingerprint density at radius 1 is 0.971 bits per heavy atom. The molecular formula is C29H26N2O4. The van der Waals surface area contributed by atoms with Gasteiger partial charge in [0.25, 0.3) is 11.8 Å². The van der Waals surface area contributed by atoms with E-state index in [1.807, 2.05) is 96.8 Å². The maximum Gasteiger partial charge on any atom is 0.262 e. The first kappa shape index (κ1) is 22.5. The number of ether oxygens (including phenoxy) is 1. The lowest BCUT2D eigenvalue weighted by molar-refractivity contribution is -0.118. The van der Waals surface area contributed by atoms with E-state index in [1.54, 1.807) is 0 Å². The van der Waals surface area contributed by atoms with E-state index in [0.29, 0.717) is 36.5 Å². The molecule has 1 aromatic heterocycles. The van der Waals surface area contributed by atoms with Crippen LogP contribution in [0.5, 0.6) is 5.75 Å². The lowest BCUT2D eigenvalue weighted by Crippen LogP contribution is -2.35. The van der Waals surface area contributed by atoms with Gasteiger partial charge in [-0.05, 0) is 61.5 Å². The molecule has 2 heterocycles. The van der Waals surface area contributed by atoms with Gasteiger partial charge in [0.1, 0.15) is 17.3 Å². The Bertz CT molecular complexity index is 1330. The number of hydrogen-bond donors (Lipinski definition) is 1. The van der Waals surface area contributed by atoms with Gasteiger partial charge in [-0.3, -0.25) is 9.59 Å². The van der Waals surface area contributed by atoms with E-state index in [9.17, 15) is 9.59 Å². The van der Waals surface area contributed by atoms with Crippen molar-refractivity contribution < 1.29 is 18.7 Å². The summed E-state index contributed by atoms with van der Waals surface area (Å²) in [6.45, 7) is 3.10. The normalized spacial score (nSPS) is 12.7. The molecule has 2 amide bonds. The van der Waals surface area contributed by atoms with Crippen LogP contribution in [-0.4, -0.2) is 29.9 Å². The predicted octanol–water partition coefficient (Wildman–Crippen LogP) is 5.47. The standard InChI is InChI=1S/C29H26N2O4/c1-20-7-9-22(10-8-20)29(33)31-16-15-26-23(18-31)17-27(35-26)21-11-13-24(14-12-21)30-28(32)19-34-25-5-3-2-4-6-25/h2-14,17H,15-16,18-19H2,1H3,(H,30,32). The lowest BCUT2D eigenvalue weighted by atomic mass is 10.1. The van der Waals surface area contributed by atoms with Crippen LogP contribution >= 0.6 is 0 Å². The van der Waals surface area contributed by atoms with Crippen LogP contribution in [0.1, 0.15) is 27.2 Å². The monoisotopic (exact) mass is 466 g/mol. The molecule has 0 atom stereocenters. The van der Waals surface area contributed by atoms with Crippen molar-refractivity contribution in [3.8, 4) is 17.1 Å². The van der Waals surface area contributed by atoms with Gasteiger partial charge in [0, 0.05) is 41.9 Å². The number of para-hydroxylation sites is 1. The average molecular weight is 467 g/mol. The van der Waals surface area contributed by atoms with Crippen LogP contribution in [0.3, 0.4) is 0 Å². The van der Waals surface area contributed by atoms with Crippen LogP contribution in [0, 0.1) is 6.92 Å². The number of fused-ring (bicyclic) bond motifs is 1. The first-order valence-electron chi connectivity index (χ1n) is 11.6. The van der Waals surface area contributed by atoms with E-state index in [0.717, 1.165) is 28.2 Å². The number of benzene rings is 3. The van der Waals surface area contributed by atoms with E-state index < -0.39 is 0 Å². The molecule has 0 spiro atoms. The van der Waals surface area contributed by atoms with Crippen molar-refractivity contribution >= 4 is 17.5 Å². The molecule has 3 aromatic carbocycles. The molecule has 35 heavy (non-hydrogen) atoms. The fourth-order valence-electron chi connectivity index (χ4n) is 4.11. The second kappa shape index (κ2) is 9.89. The molecule has 0 saturated heterocycles. The maximum atomic E-state index is 12.9. The van der Waals surface area contributed by atoms with Gasteiger partial charge < -0.3 is 19.4 Å². The molecule has 1 aliphatic rings. The third-order valence-electron chi connectivity index (χ3n) is 6.02. The summed E-state index contributed by atoms with van der Waals surface area (Å²) in [4.78, 5) is 27.0. The highest BCUT2D eigenvalue weighted by atomic mass is 16.5. The number of hydrogen-bond acceptors (Lipinski definition) is 4.